The van der Waals surface area contributed by atoms with Crippen molar-refractivity contribution in [3.05, 3.63) is 70.8 Å². The van der Waals surface area contributed by atoms with Crippen LogP contribution in [0, 0.1) is 0 Å². The standard InChI is InChI=1S/C22H22N2O4/c1-14(19-7-4-12-28-19)23-20(25)16-10-8-15(9-11-16)13-24-21(26)17-5-2-3-6-18(17)22(24)27/h2-3,5-6,8-11,14,19H,4,7,12-13H2,1H3,(H,23,25). The van der Waals surface area contributed by atoms with E-state index < -0.39 is 0 Å². The normalized spacial score (nSPS) is 19.6. The fourth-order valence-electron chi connectivity index (χ4n) is 3.71. The SMILES string of the molecule is CC(NC(=O)c1ccc(CN2C(=O)c3ccccc3C2=O)cc1)C1CCCO1. The number of hydrogen-bond donors (Lipinski definition) is 1. The molecule has 0 bridgehead atoms. The number of benzene rings is 2. The molecule has 6 nitrogen and oxygen atoms in total. The van der Waals surface area contributed by atoms with Crippen molar-refractivity contribution in [3.8, 4) is 0 Å². The van der Waals surface area contributed by atoms with Crippen molar-refractivity contribution in [3.63, 3.8) is 0 Å². The molecule has 4 rings (SSSR count). The van der Waals surface area contributed by atoms with E-state index in [4.69, 9.17) is 4.74 Å². The van der Waals surface area contributed by atoms with Crippen molar-refractivity contribution in [2.75, 3.05) is 6.61 Å². The zero-order valence-corrected chi connectivity index (χ0v) is 15.7. The summed E-state index contributed by atoms with van der Waals surface area (Å²) in [7, 11) is 0. The molecule has 1 fully saturated rings. The lowest BCUT2D eigenvalue weighted by Gasteiger charge is -2.20. The van der Waals surface area contributed by atoms with E-state index in [1.165, 1.54) is 4.90 Å². The lowest BCUT2D eigenvalue weighted by molar-refractivity contribution is 0.0641. The maximum atomic E-state index is 12.5. The summed E-state index contributed by atoms with van der Waals surface area (Å²) in [6.45, 7) is 2.88. The van der Waals surface area contributed by atoms with Gasteiger partial charge in [0.2, 0.25) is 0 Å². The van der Waals surface area contributed by atoms with E-state index in [2.05, 4.69) is 5.32 Å². The third-order valence-electron chi connectivity index (χ3n) is 5.32. The molecule has 2 heterocycles. The molecule has 6 heteroatoms. The second-order valence-corrected chi connectivity index (χ2v) is 7.25. The highest BCUT2D eigenvalue weighted by atomic mass is 16.5. The van der Waals surface area contributed by atoms with Gasteiger partial charge in [-0.05, 0) is 49.6 Å². The van der Waals surface area contributed by atoms with Crippen LogP contribution >= 0.6 is 0 Å². The number of carbonyl (C=O) groups excluding carboxylic acids is 3. The average Bonchev–Trinajstić information content (AvgIpc) is 3.33. The van der Waals surface area contributed by atoms with Gasteiger partial charge in [-0.2, -0.15) is 0 Å². The molecule has 2 atom stereocenters. The maximum absolute atomic E-state index is 12.5. The highest BCUT2D eigenvalue weighted by Crippen LogP contribution is 2.24. The van der Waals surface area contributed by atoms with Crippen molar-refractivity contribution < 1.29 is 19.1 Å². The molecule has 2 aromatic rings. The monoisotopic (exact) mass is 378 g/mol. The van der Waals surface area contributed by atoms with E-state index in [0.717, 1.165) is 25.0 Å². The van der Waals surface area contributed by atoms with Crippen molar-refractivity contribution in [1.29, 1.82) is 0 Å². The zero-order chi connectivity index (χ0) is 19.7. The average molecular weight is 378 g/mol. The van der Waals surface area contributed by atoms with Crippen LogP contribution in [-0.2, 0) is 11.3 Å². The summed E-state index contributed by atoms with van der Waals surface area (Å²) >= 11 is 0. The summed E-state index contributed by atoms with van der Waals surface area (Å²) in [5.41, 5.74) is 2.20. The van der Waals surface area contributed by atoms with Gasteiger partial charge in [0.25, 0.3) is 17.7 Å². The molecule has 1 N–H and O–H groups in total. The fourth-order valence-corrected chi connectivity index (χ4v) is 3.71. The van der Waals surface area contributed by atoms with Gasteiger partial charge < -0.3 is 10.1 Å². The predicted octanol–water partition coefficient (Wildman–Crippen LogP) is 2.78. The molecule has 3 amide bonds. The maximum Gasteiger partial charge on any atom is 0.261 e. The smallest absolute Gasteiger partial charge is 0.261 e. The number of fused-ring (bicyclic) bond motifs is 1. The highest BCUT2D eigenvalue weighted by Gasteiger charge is 2.35. The van der Waals surface area contributed by atoms with Crippen LogP contribution in [0.1, 0.15) is 56.4 Å². The molecule has 2 unspecified atom stereocenters. The summed E-state index contributed by atoms with van der Waals surface area (Å²) in [5.74, 6) is -0.726. The van der Waals surface area contributed by atoms with Gasteiger partial charge in [-0.1, -0.05) is 24.3 Å². The number of nitrogens with one attached hydrogen (secondary N) is 1. The molecule has 2 aromatic carbocycles. The first kappa shape index (κ1) is 18.4. The molecule has 28 heavy (non-hydrogen) atoms. The Balaban J connectivity index is 1.40. The van der Waals surface area contributed by atoms with Crippen LogP contribution < -0.4 is 5.32 Å². The fraction of sp³-hybridized carbons (Fsp3) is 0.318. The van der Waals surface area contributed by atoms with E-state index in [9.17, 15) is 14.4 Å². The van der Waals surface area contributed by atoms with Gasteiger partial charge >= 0.3 is 0 Å². The lowest BCUT2D eigenvalue weighted by Crippen LogP contribution is -2.40. The minimum Gasteiger partial charge on any atom is -0.376 e. The van der Waals surface area contributed by atoms with Gasteiger partial charge in [-0.3, -0.25) is 19.3 Å². The van der Waals surface area contributed by atoms with E-state index in [1.54, 1.807) is 48.5 Å². The number of hydrogen-bond acceptors (Lipinski definition) is 4. The van der Waals surface area contributed by atoms with Gasteiger partial charge in [-0.15, -0.1) is 0 Å². The highest BCUT2D eigenvalue weighted by molar-refractivity contribution is 6.21. The van der Waals surface area contributed by atoms with Crippen LogP contribution in [0.25, 0.3) is 0 Å². The van der Waals surface area contributed by atoms with Crippen LogP contribution in [0.3, 0.4) is 0 Å². The molecule has 0 aromatic heterocycles. The van der Waals surface area contributed by atoms with E-state index >= 15 is 0 Å². The Bertz CT molecular complexity index is 881. The second-order valence-electron chi connectivity index (χ2n) is 7.25. The van der Waals surface area contributed by atoms with Crippen LogP contribution in [0.2, 0.25) is 0 Å². The Kier molecular flexibility index (Phi) is 4.96. The molecule has 1 saturated heterocycles. The Morgan fingerprint density at radius 2 is 1.75 bits per heavy atom. The number of ether oxygens (including phenoxy) is 1. The number of nitrogens with zero attached hydrogens (tertiary/aromatic N) is 1. The van der Waals surface area contributed by atoms with E-state index in [0.29, 0.717) is 16.7 Å². The van der Waals surface area contributed by atoms with E-state index in [1.807, 2.05) is 6.92 Å². The minimum atomic E-state index is -0.284. The van der Waals surface area contributed by atoms with Crippen molar-refractivity contribution >= 4 is 17.7 Å². The molecule has 2 aliphatic heterocycles. The van der Waals surface area contributed by atoms with Crippen LogP contribution in [-0.4, -0.2) is 41.4 Å². The Hall–Kier alpha value is -2.99. The summed E-state index contributed by atoms with van der Waals surface area (Å²) in [4.78, 5) is 38.6. The van der Waals surface area contributed by atoms with Crippen molar-refractivity contribution in [2.24, 2.45) is 0 Å². The number of imide groups is 1. The molecular weight excluding hydrogens is 356 g/mol. The van der Waals surface area contributed by atoms with Crippen LogP contribution in [0.15, 0.2) is 48.5 Å². The Morgan fingerprint density at radius 3 is 2.32 bits per heavy atom. The van der Waals surface area contributed by atoms with Gasteiger partial charge in [0.1, 0.15) is 0 Å². The lowest BCUT2D eigenvalue weighted by atomic mass is 10.1. The Morgan fingerprint density at radius 1 is 1.11 bits per heavy atom. The summed E-state index contributed by atoms with van der Waals surface area (Å²) < 4.78 is 5.61. The third kappa shape index (κ3) is 3.43. The molecule has 0 radical (unpaired) electrons. The van der Waals surface area contributed by atoms with Gasteiger partial charge in [-0.25, -0.2) is 0 Å². The number of rotatable bonds is 5. The predicted molar refractivity (Wildman–Crippen MR) is 103 cm³/mol. The third-order valence-corrected chi connectivity index (χ3v) is 5.32. The van der Waals surface area contributed by atoms with Crippen LogP contribution in [0.4, 0.5) is 0 Å². The number of carbonyl (C=O) groups is 3. The van der Waals surface area contributed by atoms with Crippen molar-refractivity contribution in [1.82, 2.24) is 10.2 Å². The molecule has 144 valence electrons. The quantitative estimate of drug-likeness (QED) is 0.812. The topological polar surface area (TPSA) is 75.7 Å². The number of amides is 3. The molecule has 2 aliphatic rings. The van der Waals surface area contributed by atoms with E-state index in [-0.39, 0.29) is 36.4 Å². The minimum absolute atomic E-state index is 0.0481. The Labute approximate surface area is 163 Å². The van der Waals surface area contributed by atoms with Crippen molar-refractivity contribution in [2.45, 2.75) is 38.5 Å². The molecule has 0 aliphatic carbocycles. The molecule has 0 spiro atoms. The van der Waals surface area contributed by atoms with Gasteiger partial charge in [0.15, 0.2) is 0 Å². The molecule has 0 saturated carbocycles. The summed E-state index contributed by atoms with van der Waals surface area (Å²) in [6.07, 6.45) is 2.05. The van der Waals surface area contributed by atoms with Crippen LogP contribution in [0.5, 0.6) is 0 Å². The molecular formula is C22H22N2O4. The summed E-state index contributed by atoms with van der Waals surface area (Å²) in [6, 6.07) is 13.8. The first-order chi connectivity index (χ1) is 13.5. The first-order valence-electron chi connectivity index (χ1n) is 9.51. The largest absolute Gasteiger partial charge is 0.376 e. The van der Waals surface area contributed by atoms with Gasteiger partial charge in [0.05, 0.1) is 29.8 Å². The first-order valence-corrected chi connectivity index (χ1v) is 9.51. The second kappa shape index (κ2) is 7.56. The summed E-state index contributed by atoms with van der Waals surface area (Å²) in [5, 5.41) is 2.97. The zero-order valence-electron chi connectivity index (χ0n) is 15.7. The van der Waals surface area contributed by atoms with Gasteiger partial charge in [0, 0.05) is 12.2 Å².